The molecule has 0 radical (unpaired) electrons. The van der Waals surface area contributed by atoms with E-state index in [9.17, 15) is 4.79 Å². The molecular weight excluding hydrogens is 284 g/mol. The molecule has 0 fully saturated rings. The molecule has 5 nitrogen and oxygen atoms in total. The number of aliphatic imine (C=N–C) groups is 1. The molecule has 0 spiro atoms. The molecular formula is C15H26N4OS. The van der Waals surface area contributed by atoms with Gasteiger partial charge in [0.2, 0.25) is 5.91 Å². The second-order valence-corrected chi connectivity index (χ2v) is 5.88. The van der Waals surface area contributed by atoms with Crippen molar-refractivity contribution >= 4 is 23.2 Å². The second kappa shape index (κ2) is 10.2. The van der Waals surface area contributed by atoms with E-state index in [4.69, 9.17) is 0 Å². The van der Waals surface area contributed by atoms with Crippen LogP contribution in [0.25, 0.3) is 0 Å². The summed E-state index contributed by atoms with van der Waals surface area (Å²) in [4.78, 5) is 17.0. The third-order valence-electron chi connectivity index (χ3n) is 3.04. The van der Waals surface area contributed by atoms with Crippen LogP contribution in [0.3, 0.4) is 0 Å². The summed E-state index contributed by atoms with van der Waals surface area (Å²) in [7, 11) is 1.74. The van der Waals surface area contributed by atoms with Crippen LogP contribution >= 0.6 is 11.3 Å². The highest BCUT2D eigenvalue weighted by molar-refractivity contribution is 7.10. The van der Waals surface area contributed by atoms with Gasteiger partial charge in [0.15, 0.2) is 5.96 Å². The quantitative estimate of drug-likeness (QED) is 0.508. The van der Waals surface area contributed by atoms with Crippen LogP contribution in [-0.2, 0) is 4.79 Å². The van der Waals surface area contributed by atoms with Gasteiger partial charge in [-0.2, -0.15) is 0 Å². The minimum absolute atomic E-state index is 0.0757. The number of nitrogens with one attached hydrogen (secondary N) is 3. The summed E-state index contributed by atoms with van der Waals surface area (Å²) >= 11 is 1.77. The fourth-order valence-electron chi connectivity index (χ4n) is 1.79. The van der Waals surface area contributed by atoms with Gasteiger partial charge in [0.05, 0.1) is 0 Å². The first-order valence-corrected chi connectivity index (χ1v) is 8.30. The Kier molecular flexibility index (Phi) is 8.50. The highest BCUT2D eigenvalue weighted by atomic mass is 32.1. The molecule has 0 aliphatic rings. The number of nitrogens with zero attached hydrogens (tertiary/aromatic N) is 1. The van der Waals surface area contributed by atoms with Gasteiger partial charge >= 0.3 is 0 Å². The smallest absolute Gasteiger partial charge is 0.221 e. The van der Waals surface area contributed by atoms with Crippen molar-refractivity contribution in [3.05, 3.63) is 22.4 Å². The van der Waals surface area contributed by atoms with Crippen LogP contribution in [0.4, 0.5) is 0 Å². The predicted octanol–water partition coefficient (Wildman–Crippen LogP) is 1.93. The standard InChI is InChI=1S/C15H26N4OS/c1-4-8-17-14(20)7-9-18-15(16-3)19-11-12(2)13-6-5-10-21-13/h5-6,10,12H,4,7-9,11H2,1-3H3,(H,17,20)(H2,16,18,19). The molecule has 0 aromatic carbocycles. The number of guanidine groups is 1. The molecule has 1 aromatic rings. The Morgan fingerprint density at radius 3 is 2.76 bits per heavy atom. The number of rotatable bonds is 8. The van der Waals surface area contributed by atoms with Gasteiger partial charge in [0, 0.05) is 43.9 Å². The van der Waals surface area contributed by atoms with Crippen LogP contribution in [0.2, 0.25) is 0 Å². The number of thiophene rings is 1. The zero-order chi connectivity index (χ0) is 15.5. The van der Waals surface area contributed by atoms with E-state index in [0.29, 0.717) is 18.9 Å². The summed E-state index contributed by atoms with van der Waals surface area (Å²) in [6.45, 7) is 6.37. The summed E-state index contributed by atoms with van der Waals surface area (Å²) < 4.78 is 0. The molecule has 1 rings (SSSR count). The van der Waals surface area contributed by atoms with Gasteiger partial charge in [-0.3, -0.25) is 9.79 Å². The predicted molar refractivity (Wildman–Crippen MR) is 90.0 cm³/mol. The maximum Gasteiger partial charge on any atom is 0.221 e. The first kappa shape index (κ1) is 17.5. The lowest BCUT2D eigenvalue weighted by molar-refractivity contribution is -0.120. The number of carbonyl (C=O) groups is 1. The fraction of sp³-hybridized carbons (Fsp3) is 0.600. The van der Waals surface area contributed by atoms with Crippen molar-refractivity contribution in [3.63, 3.8) is 0 Å². The molecule has 1 atom stereocenters. The topological polar surface area (TPSA) is 65.5 Å². The average molecular weight is 310 g/mol. The molecule has 118 valence electrons. The summed E-state index contributed by atoms with van der Waals surface area (Å²) in [6.07, 6.45) is 1.42. The Morgan fingerprint density at radius 2 is 2.14 bits per heavy atom. The summed E-state index contributed by atoms with van der Waals surface area (Å²) in [5.41, 5.74) is 0. The molecule has 1 heterocycles. The van der Waals surface area contributed by atoms with Crippen molar-refractivity contribution in [2.24, 2.45) is 4.99 Å². The normalized spacial score (nSPS) is 12.8. The van der Waals surface area contributed by atoms with Crippen molar-refractivity contribution in [1.82, 2.24) is 16.0 Å². The lowest BCUT2D eigenvalue weighted by atomic mass is 10.1. The first-order valence-electron chi connectivity index (χ1n) is 7.42. The van der Waals surface area contributed by atoms with Gasteiger partial charge in [-0.1, -0.05) is 19.9 Å². The molecule has 1 aromatic heterocycles. The molecule has 1 amide bonds. The Morgan fingerprint density at radius 1 is 1.33 bits per heavy atom. The fourth-order valence-corrected chi connectivity index (χ4v) is 2.58. The third-order valence-corrected chi connectivity index (χ3v) is 4.15. The number of amides is 1. The van der Waals surface area contributed by atoms with Crippen molar-refractivity contribution in [3.8, 4) is 0 Å². The van der Waals surface area contributed by atoms with Crippen LogP contribution in [0.1, 0.15) is 37.5 Å². The van der Waals surface area contributed by atoms with Gasteiger partial charge in [-0.15, -0.1) is 11.3 Å². The zero-order valence-electron chi connectivity index (χ0n) is 13.1. The summed E-state index contributed by atoms with van der Waals surface area (Å²) in [5, 5.41) is 11.4. The van der Waals surface area contributed by atoms with Gasteiger partial charge in [-0.05, 0) is 17.9 Å². The highest BCUT2D eigenvalue weighted by Crippen LogP contribution is 2.19. The molecule has 3 N–H and O–H groups in total. The van der Waals surface area contributed by atoms with Gasteiger partial charge in [0.25, 0.3) is 0 Å². The molecule has 0 aliphatic heterocycles. The number of hydrogen-bond acceptors (Lipinski definition) is 3. The van der Waals surface area contributed by atoms with Crippen LogP contribution < -0.4 is 16.0 Å². The maximum atomic E-state index is 11.5. The second-order valence-electron chi connectivity index (χ2n) is 4.90. The van der Waals surface area contributed by atoms with E-state index in [1.54, 1.807) is 18.4 Å². The minimum Gasteiger partial charge on any atom is -0.356 e. The van der Waals surface area contributed by atoms with E-state index in [1.807, 2.05) is 6.92 Å². The Balaban J connectivity index is 2.22. The molecule has 1 unspecified atom stereocenters. The van der Waals surface area contributed by atoms with Crippen molar-refractivity contribution in [2.45, 2.75) is 32.6 Å². The highest BCUT2D eigenvalue weighted by Gasteiger charge is 2.07. The molecule has 0 aliphatic carbocycles. The summed E-state index contributed by atoms with van der Waals surface area (Å²) in [6, 6.07) is 4.21. The zero-order valence-corrected chi connectivity index (χ0v) is 13.9. The molecule has 6 heteroatoms. The maximum absolute atomic E-state index is 11.5. The van der Waals surface area contributed by atoms with E-state index in [2.05, 4.69) is 45.4 Å². The van der Waals surface area contributed by atoms with Crippen LogP contribution in [0.15, 0.2) is 22.5 Å². The molecule has 0 bridgehead atoms. The summed E-state index contributed by atoms with van der Waals surface area (Å²) in [5.74, 6) is 1.25. The van der Waals surface area contributed by atoms with E-state index >= 15 is 0 Å². The molecule has 0 saturated heterocycles. The van der Waals surface area contributed by atoms with E-state index in [0.717, 1.165) is 25.5 Å². The number of carbonyl (C=O) groups excluding carboxylic acids is 1. The lowest BCUT2D eigenvalue weighted by Crippen LogP contribution is -2.40. The van der Waals surface area contributed by atoms with Crippen molar-refractivity contribution in [1.29, 1.82) is 0 Å². The number of hydrogen-bond donors (Lipinski definition) is 3. The van der Waals surface area contributed by atoms with Crippen LogP contribution in [0, 0.1) is 0 Å². The Hall–Kier alpha value is -1.56. The monoisotopic (exact) mass is 310 g/mol. The molecule has 0 saturated carbocycles. The molecule has 21 heavy (non-hydrogen) atoms. The lowest BCUT2D eigenvalue weighted by Gasteiger charge is -2.15. The Labute approximate surface area is 131 Å². The van der Waals surface area contributed by atoms with Gasteiger partial charge in [-0.25, -0.2) is 0 Å². The van der Waals surface area contributed by atoms with E-state index in [-0.39, 0.29) is 5.91 Å². The SMILES string of the molecule is CCCNC(=O)CCNC(=NC)NCC(C)c1cccs1. The largest absolute Gasteiger partial charge is 0.356 e. The van der Waals surface area contributed by atoms with Gasteiger partial charge < -0.3 is 16.0 Å². The minimum atomic E-state index is 0.0757. The van der Waals surface area contributed by atoms with Crippen molar-refractivity contribution in [2.75, 3.05) is 26.7 Å². The van der Waals surface area contributed by atoms with Gasteiger partial charge in [0.1, 0.15) is 0 Å². The van der Waals surface area contributed by atoms with Crippen LogP contribution in [0.5, 0.6) is 0 Å². The first-order chi connectivity index (χ1) is 10.2. The van der Waals surface area contributed by atoms with Crippen LogP contribution in [-0.4, -0.2) is 38.5 Å². The third kappa shape index (κ3) is 7.13. The Bertz CT molecular complexity index is 431. The van der Waals surface area contributed by atoms with Crippen molar-refractivity contribution < 1.29 is 4.79 Å². The van der Waals surface area contributed by atoms with E-state index < -0.39 is 0 Å². The van der Waals surface area contributed by atoms with E-state index in [1.165, 1.54) is 4.88 Å². The average Bonchev–Trinajstić information content (AvgIpc) is 3.02.